The van der Waals surface area contributed by atoms with E-state index in [1.165, 1.54) is 6.07 Å². The van der Waals surface area contributed by atoms with Crippen LogP contribution in [0, 0.1) is 11.6 Å². The summed E-state index contributed by atoms with van der Waals surface area (Å²) in [5.41, 5.74) is 7.24. The molecule has 0 aliphatic rings. The van der Waals surface area contributed by atoms with Crippen molar-refractivity contribution in [3.8, 4) is 22.8 Å². The highest BCUT2D eigenvalue weighted by Gasteiger charge is 2.14. The van der Waals surface area contributed by atoms with E-state index in [1.54, 1.807) is 24.3 Å². The molecule has 0 aliphatic carbocycles. The Morgan fingerprint density at radius 2 is 1.80 bits per heavy atom. The molecule has 2 N–H and O–H groups in total. The average Bonchev–Trinajstić information content (AvgIpc) is 2.92. The third-order valence-corrected chi connectivity index (χ3v) is 2.79. The van der Waals surface area contributed by atoms with Crippen LogP contribution in [0.4, 0.5) is 14.5 Å². The van der Waals surface area contributed by atoms with E-state index in [2.05, 4.69) is 10.1 Å². The molecule has 0 atom stereocenters. The first-order valence-corrected chi connectivity index (χ1v) is 5.79. The van der Waals surface area contributed by atoms with Crippen LogP contribution in [0.15, 0.2) is 47.0 Å². The Hall–Kier alpha value is -2.76. The fourth-order valence-electron chi connectivity index (χ4n) is 1.78. The topological polar surface area (TPSA) is 64.9 Å². The molecule has 100 valence electrons. The van der Waals surface area contributed by atoms with E-state index in [1.807, 2.05) is 0 Å². The van der Waals surface area contributed by atoms with Crippen molar-refractivity contribution >= 4 is 5.69 Å². The second-order valence-corrected chi connectivity index (χ2v) is 4.14. The highest BCUT2D eigenvalue weighted by molar-refractivity contribution is 5.71. The molecule has 3 aromatic rings. The average molecular weight is 273 g/mol. The van der Waals surface area contributed by atoms with Crippen LogP contribution in [0.1, 0.15) is 0 Å². The largest absolute Gasteiger partial charge is 0.398 e. The summed E-state index contributed by atoms with van der Waals surface area (Å²) in [6, 6.07) is 10.4. The zero-order valence-corrected chi connectivity index (χ0v) is 10.2. The highest BCUT2D eigenvalue weighted by atomic mass is 19.2. The number of rotatable bonds is 2. The lowest BCUT2D eigenvalue weighted by Gasteiger charge is -1.98. The van der Waals surface area contributed by atoms with Crippen molar-refractivity contribution in [2.24, 2.45) is 0 Å². The third kappa shape index (κ3) is 2.11. The number of hydrogen-bond acceptors (Lipinski definition) is 4. The summed E-state index contributed by atoms with van der Waals surface area (Å²) in [7, 11) is 0. The van der Waals surface area contributed by atoms with Gasteiger partial charge in [0.2, 0.25) is 5.82 Å². The van der Waals surface area contributed by atoms with Crippen LogP contribution >= 0.6 is 0 Å². The third-order valence-electron chi connectivity index (χ3n) is 2.79. The molecule has 1 aromatic heterocycles. The zero-order valence-electron chi connectivity index (χ0n) is 10.2. The summed E-state index contributed by atoms with van der Waals surface area (Å²) < 4.78 is 31.1. The van der Waals surface area contributed by atoms with Crippen molar-refractivity contribution in [2.45, 2.75) is 0 Å². The minimum atomic E-state index is -0.971. The Balaban J connectivity index is 2.02. The van der Waals surface area contributed by atoms with Crippen LogP contribution in [-0.2, 0) is 0 Å². The van der Waals surface area contributed by atoms with Crippen LogP contribution in [0.2, 0.25) is 0 Å². The van der Waals surface area contributed by atoms with E-state index in [-0.39, 0.29) is 5.89 Å². The second-order valence-electron chi connectivity index (χ2n) is 4.14. The summed E-state index contributed by atoms with van der Waals surface area (Å²) in [5, 5.41) is 3.79. The molecular weight excluding hydrogens is 264 g/mol. The molecule has 0 aliphatic heterocycles. The van der Waals surface area contributed by atoms with Crippen LogP contribution in [0.3, 0.4) is 0 Å². The fraction of sp³-hybridized carbons (Fsp3) is 0. The molecule has 0 spiro atoms. The van der Waals surface area contributed by atoms with Crippen molar-refractivity contribution in [2.75, 3.05) is 5.73 Å². The molecule has 0 saturated carbocycles. The van der Waals surface area contributed by atoms with Crippen LogP contribution < -0.4 is 5.73 Å². The molecule has 0 amide bonds. The highest BCUT2D eigenvalue weighted by Crippen LogP contribution is 2.26. The number of nitrogens with two attached hydrogens (primary N) is 1. The Morgan fingerprint density at radius 3 is 2.55 bits per heavy atom. The SMILES string of the molecule is Nc1ccccc1-c1noc(-c2ccc(F)c(F)c2)n1. The van der Waals surface area contributed by atoms with Crippen LogP contribution in [0.25, 0.3) is 22.8 Å². The lowest BCUT2D eigenvalue weighted by atomic mass is 10.1. The van der Waals surface area contributed by atoms with Gasteiger partial charge in [-0.3, -0.25) is 0 Å². The molecule has 0 fully saturated rings. The van der Waals surface area contributed by atoms with Crippen molar-refractivity contribution < 1.29 is 13.3 Å². The Morgan fingerprint density at radius 1 is 1.00 bits per heavy atom. The molecule has 0 bridgehead atoms. The van der Waals surface area contributed by atoms with Crippen molar-refractivity contribution in [1.82, 2.24) is 10.1 Å². The summed E-state index contributed by atoms with van der Waals surface area (Å²) in [4.78, 5) is 4.14. The lowest BCUT2D eigenvalue weighted by Crippen LogP contribution is -1.90. The first kappa shape index (κ1) is 12.3. The van der Waals surface area contributed by atoms with Gasteiger partial charge in [0.15, 0.2) is 11.6 Å². The molecule has 0 unspecified atom stereocenters. The molecule has 6 heteroatoms. The standard InChI is InChI=1S/C14H9F2N3O/c15-10-6-5-8(7-11(10)16)14-18-13(19-20-14)9-3-1-2-4-12(9)17/h1-7H,17H2. The van der Waals surface area contributed by atoms with Gasteiger partial charge in [-0.15, -0.1) is 0 Å². The predicted octanol–water partition coefficient (Wildman–Crippen LogP) is 3.26. The molecule has 20 heavy (non-hydrogen) atoms. The molecule has 2 aromatic carbocycles. The Labute approximate surface area is 112 Å². The van der Waals surface area contributed by atoms with Crippen LogP contribution in [0.5, 0.6) is 0 Å². The van der Waals surface area contributed by atoms with E-state index in [4.69, 9.17) is 10.3 Å². The van der Waals surface area contributed by atoms with Crippen molar-refractivity contribution in [3.63, 3.8) is 0 Å². The molecule has 0 radical (unpaired) electrons. The van der Waals surface area contributed by atoms with Gasteiger partial charge < -0.3 is 10.3 Å². The van der Waals surface area contributed by atoms with Gasteiger partial charge in [0.05, 0.1) is 0 Å². The molecule has 0 saturated heterocycles. The molecule has 4 nitrogen and oxygen atoms in total. The first-order chi connectivity index (χ1) is 9.65. The van der Waals surface area contributed by atoms with E-state index in [0.29, 0.717) is 22.6 Å². The number of aromatic nitrogens is 2. The summed E-state index contributed by atoms with van der Waals surface area (Å²) in [6.07, 6.45) is 0. The van der Waals surface area contributed by atoms with E-state index >= 15 is 0 Å². The van der Waals surface area contributed by atoms with Gasteiger partial charge in [-0.05, 0) is 30.3 Å². The number of benzene rings is 2. The number of nitrogens with zero attached hydrogens (tertiary/aromatic N) is 2. The normalized spacial score (nSPS) is 10.7. The van der Waals surface area contributed by atoms with Gasteiger partial charge in [0.1, 0.15) is 0 Å². The maximum absolute atomic E-state index is 13.2. The van der Waals surface area contributed by atoms with E-state index in [0.717, 1.165) is 12.1 Å². The lowest BCUT2D eigenvalue weighted by molar-refractivity contribution is 0.431. The number of anilines is 1. The second kappa shape index (κ2) is 4.73. The van der Waals surface area contributed by atoms with Gasteiger partial charge in [0, 0.05) is 16.8 Å². The van der Waals surface area contributed by atoms with Gasteiger partial charge >= 0.3 is 0 Å². The van der Waals surface area contributed by atoms with Crippen molar-refractivity contribution in [1.29, 1.82) is 0 Å². The smallest absolute Gasteiger partial charge is 0.258 e. The number of hydrogen-bond donors (Lipinski definition) is 1. The number of halogens is 2. The van der Waals surface area contributed by atoms with Gasteiger partial charge in [-0.25, -0.2) is 8.78 Å². The quantitative estimate of drug-likeness (QED) is 0.728. The van der Waals surface area contributed by atoms with Crippen molar-refractivity contribution in [3.05, 3.63) is 54.1 Å². The molecule has 3 rings (SSSR count). The van der Waals surface area contributed by atoms with Crippen LogP contribution in [-0.4, -0.2) is 10.1 Å². The van der Waals surface area contributed by atoms with E-state index in [9.17, 15) is 8.78 Å². The first-order valence-electron chi connectivity index (χ1n) is 5.79. The van der Waals surface area contributed by atoms with Gasteiger partial charge in [-0.1, -0.05) is 17.3 Å². The minimum Gasteiger partial charge on any atom is -0.398 e. The fourth-order valence-corrected chi connectivity index (χ4v) is 1.78. The summed E-state index contributed by atoms with van der Waals surface area (Å²) in [5.74, 6) is -1.51. The minimum absolute atomic E-state index is 0.0992. The number of nitrogen functional groups attached to an aromatic ring is 1. The predicted molar refractivity (Wildman–Crippen MR) is 69.5 cm³/mol. The maximum atomic E-state index is 13.2. The van der Waals surface area contributed by atoms with E-state index < -0.39 is 11.6 Å². The molecular formula is C14H9F2N3O. The monoisotopic (exact) mass is 273 g/mol. The summed E-state index contributed by atoms with van der Waals surface area (Å²) >= 11 is 0. The molecule has 1 heterocycles. The Bertz CT molecular complexity index is 771. The maximum Gasteiger partial charge on any atom is 0.258 e. The van der Waals surface area contributed by atoms with Gasteiger partial charge in [-0.2, -0.15) is 4.98 Å². The van der Waals surface area contributed by atoms with Gasteiger partial charge in [0.25, 0.3) is 5.89 Å². The zero-order chi connectivity index (χ0) is 14.1. The Kier molecular flexibility index (Phi) is 2.90. The summed E-state index contributed by atoms with van der Waals surface area (Å²) in [6.45, 7) is 0. The number of para-hydroxylation sites is 1.